The predicted molar refractivity (Wildman–Crippen MR) is 77.9 cm³/mol. The zero-order valence-corrected chi connectivity index (χ0v) is 12.5. The van der Waals surface area contributed by atoms with E-state index in [1.807, 2.05) is 24.8 Å². The lowest BCUT2D eigenvalue weighted by atomic mass is 10.1. The summed E-state index contributed by atoms with van der Waals surface area (Å²) in [6, 6.07) is 3.36. The summed E-state index contributed by atoms with van der Waals surface area (Å²) in [6.07, 6.45) is 0.634. The number of hydrogen-bond donors (Lipinski definition) is 2. The quantitative estimate of drug-likeness (QED) is 0.639. The van der Waals surface area contributed by atoms with Gasteiger partial charge in [-0.05, 0) is 47.0 Å². The van der Waals surface area contributed by atoms with Crippen LogP contribution in [0.25, 0.3) is 0 Å². The highest BCUT2D eigenvalue weighted by molar-refractivity contribution is 9.10. The fourth-order valence-electron chi connectivity index (χ4n) is 2.23. The molecule has 1 aliphatic heterocycles. The predicted octanol–water partition coefficient (Wildman–Crippen LogP) is 1.58. The van der Waals surface area contributed by atoms with Gasteiger partial charge in [0.1, 0.15) is 6.04 Å². The van der Waals surface area contributed by atoms with Gasteiger partial charge in [0.25, 0.3) is 0 Å². The van der Waals surface area contributed by atoms with Gasteiger partial charge in [-0.15, -0.1) is 0 Å². The Balaban J connectivity index is 2.46. The molecule has 1 aromatic rings. The molecule has 1 unspecified atom stereocenters. The number of nitrogens with two attached hydrogens (primary N) is 1. The van der Waals surface area contributed by atoms with Crippen molar-refractivity contribution in [1.29, 1.82) is 0 Å². The van der Waals surface area contributed by atoms with Crippen LogP contribution in [0.1, 0.15) is 18.9 Å². The topological polar surface area (TPSA) is 75.4 Å². The van der Waals surface area contributed by atoms with Crippen molar-refractivity contribution in [3.63, 3.8) is 0 Å². The van der Waals surface area contributed by atoms with Crippen molar-refractivity contribution in [2.24, 2.45) is 0 Å². The standard InChI is InChI=1S/C13H16BrN3O2/c1-3-10-13(19)16-12(18)6-17(10)11-4-7(2)9(15)5-8(11)14/h4-5,10H,3,6,15H2,1-2H3,(H,16,18,19). The molecule has 2 amide bonds. The largest absolute Gasteiger partial charge is 0.398 e. The maximum absolute atomic E-state index is 11.9. The third-order valence-corrected chi connectivity index (χ3v) is 3.92. The van der Waals surface area contributed by atoms with E-state index < -0.39 is 0 Å². The molecule has 1 fully saturated rings. The van der Waals surface area contributed by atoms with Crippen molar-refractivity contribution in [2.75, 3.05) is 17.2 Å². The number of hydrogen-bond acceptors (Lipinski definition) is 4. The Labute approximate surface area is 120 Å². The van der Waals surface area contributed by atoms with Gasteiger partial charge in [-0.3, -0.25) is 14.9 Å². The third kappa shape index (κ3) is 2.58. The first-order valence-electron chi connectivity index (χ1n) is 6.10. The van der Waals surface area contributed by atoms with E-state index >= 15 is 0 Å². The van der Waals surface area contributed by atoms with Crippen molar-refractivity contribution in [2.45, 2.75) is 26.3 Å². The van der Waals surface area contributed by atoms with Gasteiger partial charge in [0, 0.05) is 10.2 Å². The summed E-state index contributed by atoms with van der Waals surface area (Å²) in [4.78, 5) is 25.3. The molecule has 1 aliphatic rings. The number of nitrogens with zero attached hydrogens (tertiary/aromatic N) is 1. The Morgan fingerprint density at radius 1 is 1.47 bits per heavy atom. The monoisotopic (exact) mass is 325 g/mol. The van der Waals surface area contributed by atoms with Crippen molar-refractivity contribution in [3.8, 4) is 0 Å². The Morgan fingerprint density at radius 3 is 2.79 bits per heavy atom. The van der Waals surface area contributed by atoms with Crippen LogP contribution in [-0.4, -0.2) is 24.4 Å². The van der Waals surface area contributed by atoms with Crippen LogP contribution in [0.5, 0.6) is 0 Å². The Kier molecular flexibility index (Phi) is 3.80. The molecule has 0 saturated carbocycles. The van der Waals surface area contributed by atoms with Gasteiger partial charge in [-0.1, -0.05) is 6.92 Å². The van der Waals surface area contributed by atoms with Crippen molar-refractivity contribution >= 4 is 39.1 Å². The molecule has 0 aliphatic carbocycles. The second kappa shape index (κ2) is 5.21. The van der Waals surface area contributed by atoms with Crippen molar-refractivity contribution in [1.82, 2.24) is 5.32 Å². The van der Waals surface area contributed by atoms with Crippen LogP contribution >= 0.6 is 15.9 Å². The maximum Gasteiger partial charge on any atom is 0.249 e. The molecule has 5 nitrogen and oxygen atoms in total. The van der Waals surface area contributed by atoms with E-state index in [0.717, 1.165) is 15.7 Å². The molecule has 6 heteroatoms. The number of piperazine rings is 1. The Morgan fingerprint density at radius 2 is 2.16 bits per heavy atom. The van der Waals surface area contributed by atoms with Gasteiger partial charge in [-0.2, -0.15) is 0 Å². The fourth-order valence-corrected chi connectivity index (χ4v) is 2.82. The highest BCUT2D eigenvalue weighted by Crippen LogP contribution is 2.33. The summed E-state index contributed by atoms with van der Waals surface area (Å²) in [5.74, 6) is -0.531. The first kappa shape index (κ1) is 13.9. The van der Waals surface area contributed by atoms with Gasteiger partial charge < -0.3 is 10.6 Å². The third-order valence-electron chi connectivity index (χ3n) is 3.29. The minimum Gasteiger partial charge on any atom is -0.398 e. The molecular formula is C13H16BrN3O2. The van der Waals surface area contributed by atoms with Gasteiger partial charge in [0.2, 0.25) is 11.8 Å². The minimum atomic E-state index is -0.336. The number of amides is 2. The van der Waals surface area contributed by atoms with Crippen LogP contribution in [0.15, 0.2) is 16.6 Å². The van der Waals surface area contributed by atoms with Gasteiger partial charge in [0.05, 0.1) is 12.2 Å². The number of benzene rings is 1. The smallest absolute Gasteiger partial charge is 0.249 e. The lowest BCUT2D eigenvalue weighted by molar-refractivity contribution is -0.132. The first-order chi connectivity index (χ1) is 8.93. The molecule has 0 aromatic heterocycles. The zero-order valence-electron chi connectivity index (χ0n) is 10.9. The second-order valence-electron chi connectivity index (χ2n) is 4.62. The molecule has 1 atom stereocenters. The number of imide groups is 1. The Bertz CT molecular complexity index is 545. The molecular weight excluding hydrogens is 310 g/mol. The van der Waals surface area contributed by atoms with Crippen LogP contribution < -0.4 is 16.0 Å². The number of nitrogens with one attached hydrogen (secondary N) is 1. The van der Waals surface area contributed by atoms with E-state index in [9.17, 15) is 9.59 Å². The average Bonchev–Trinajstić information content (AvgIpc) is 2.33. The summed E-state index contributed by atoms with van der Waals surface area (Å²) >= 11 is 3.45. The molecule has 0 spiro atoms. The number of carbonyl (C=O) groups excluding carboxylic acids is 2. The van der Waals surface area contributed by atoms with E-state index in [0.29, 0.717) is 12.1 Å². The second-order valence-corrected chi connectivity index (χ2v) is 5.48. The Hall–Kier alpha value is -1.56. The number of carbonyl (C=O) groups is 2. The molecule has 1 heterocycles. The van der Waals surface area contributed by atoms with Gasteiger partial charge in [-0.25, -0.2) is 0 Å². The molecule has 0 bridgehead atoms. The highest BCUT2D eigenvalue weighted by atomic mass is 79.9. The van der Waals surface area contributed by atoms with Gasteiger partial charge >= 0.3 is 0 Å². The van der Waals surface area contributed by atoms with Crippen LogP contribution in [0.2, 0.25) is 0 Å². The van der Waals surface area contributed by atoms with E-state index in [-0.39, 0.29) is 24.4 Å². The minimum absolute atomic E-state index is 0.173. The first-order valence-corrected chi connectivity index (χ1v) is 6.89. The summed E-state index contributed by atoms with van der Waals surface area (Å²) in [7, 11) is 0. The summed E-state index contributed by atoms with van der Waals surface area (Å²) < 4.78 is 0.788. The van der Waals surface area contributed by atoms with Crippen LogP contribution in [0.4, 0.5) is 11.4 Å². The molecule has 1 aromatic carbocycles. The molecule has 1 saturated heterocycles. The van der Waals surface area contributed by atoms with E-state index in [2.05, 4.69) is 21.2 Å². The normalized spacial score (nSPS) is 19.5. The lowest BCUT2D eigenvalue weighted by Gasteiger charge is -2.36. The summed E-state index contributed by atoms with van der Waals surface area (Å²) in [6.45, 7) is 4.00. The van der Waals surface area contributed by atoms with Gasteiger partial charge in [0.15, 0.2) is 0 Å². The number of halogens is 1. The van der Waals surface area contributed by atoms with Crippen LogP contribution in [-0.2, 0) is 9.59 Å². The van der Waals surface area contributed by atoms with E-state index in [1.54, 1.807) is 6.07 Å². The molecule has 0 radical (unpaired) electrons. The lowest BCUT2D eigenvalue weighted by Crippen LogP contribution is -2.58. The molecule has 3 N–H and O–H groups in total. The molecule has 2 rings (SSSR count). The average molecular weight is 326 g/mol. The van der Waals surface area contributed by atoms with E-state index in [4.69, 9.17) is 5.73 Å². The SMILES string of the molecule is CCC1C(=O)NC(=O)CN1c1cc(C)c(N)cc1Br. The fraction of sp³-hybridized carbons (Fsp3) is 0.385. The van der Waals surface area contributed by atoms with Crippen molar-refractivity contribution < 1.29 is 9.59 Å². The number of aryl methyl sites for hydroxylation is 1. The summed E-state index contributed by atoms with van der Waals surface area (Å²) in [5.41, 5.74) is 8.27. The molecule has 19 heavy (non-hydrogen) atoms. The zero-order chi connectivity index (χ0) is 14.2. The van der Waals surface area contributed by atoms with E-state index in [1.165, 1.54) is 0 Å². The number of anilines is 2. The summed E-state index contributed by atoms with van der Waals surface area (Å²) in [5, 5.41) is 2.37. The van der Waals surface area contributed by atoms with Crippen LogP contribution in [0, 0.1) is 6.92 Å². The number of nitrogen functional groups attached to an aromatic ring is 1. The molecule has 102 valence electrons. The number of rotatable bonds is 2. The van der Waals surface area contributed by atoms with Crippen molar-refractivity contribution in [3.05, 3.63) is 22.2 Å². The maximum atomic E-state index is 11.9. The highest BCUT2D eigenvalue weighted by Gasteiger charge is 2.33. The van der Waals surface area contributed by atoms with Crippen LogP contribution in [0.3, 0.4) is 0 Å².